The van der Waals surface area contributed by atoms with Crippen LogP contribution in [0, 0.1) is 0 Å². The summed E-state index contributed by atoms with van der Waals surface area (Å²) < 4.78 is 11.7. The van der Waals surface area contributed by atoms with Gasteiger partial charge in [-0.2, -0.15) is 20.5 Å². The average molecular weight is 1000 g/mol. The van der Waals surface area contributed by atoms with Crippen molar-refractivity contribution in [3.63, 3.8) is 0 Å². The van der Waals surface area contributed by atoms with Crippen LogP contribution < -0.4 is 30.7 Å². The highest BCUT2D eigenvalue weighted by Crippen LogP contribution is 2.39. The Balaban J connectivity index is 1.35. The number of halogens is 4. The first-order valence-corrected chi connectivity index (χ1v) is 22.6. The molecule has 0 fully saturated rings. The topological polar surface area (TPSA) is 218 Å². The number of ether oxygens (including phenoxy) is 2. The Morgan fingerprint density at radius 1 is 0.559 bits per heavy atom. The number of ketones is 2. The minimum absolute atomic E-state index is 0.00457. The van der Waals surface area contributed by atoms with E-state index in [1.807, 2.05) is 0 Å². The van der Waals surface area contributed by atoms with Gasteiger partial charge in [-0.1, -0.05) is 59.6 Å². The lowest BCUT2D eigenvalue weighted by Crippen LogP contribution is -2.32. The van der Waals surface area contributed by atoms with Gasteiger partial charge in [0.1, 0.15) is 28.6 Å². The Labute approximate surface area is 412 Å². The van der Waals surface area contributed by atoms with Gasteiger partial charge in [-0.15, -0.1) is 23.2 Å². The normalized spacial score (nSPS) is 13.0. The number of benzene rings is 5. The Bertz CT molecular complexity index is 2760. The van der Waals surface area contributed by atoms with Gasteiger partial charge in [-0.25, -0.2) is 0 Å². The van der Waals surface area contributed by atoms with Crippen molar-refractivity contribution >= 4 is 116 Å². The molecule has 0 radical (unpaired) electrons. The van der Waals surface area contributed by atoms with Gasteiger partial charge in [0.25, 0.3) is 23.6 Å². The first kappa shape index (κ1) is 52.3. The molecule has 4 amide bonds. The van der Waals surface area contributed by atoms with Gasteiger partial charge >= 0.3 is 0 Å². The van der Waals surface area contributed by atoms with E-state index in [-0.39, 0.29) is 79.4 Å². The second-order valence-corrected chi connectivity index (χ2v) is 16.9. The second kappa shape index (κ2) is 24.3. The first-order chi connectivity index (χ1) is 32.4. The Morgan fingerprint density at radius 2 is 0.956 bits per heavy atom. The standard InChI is InChI=1S/C48H46Cl4N8O8/c1-7-67-40-23-31(53-47(65)42(27(5)61)59-57-38-21-29(17-19-34(38)51)45(63)54-36-15-11-9-13-32(36)25(3)49)24-41(68-8-2)44(40)56-48(66)43(28(6)62)60-58-39-22-30(18-20-35(39)52)46(64)55-37-16-12-10-14-33(37)26(4)50/h9-26,42-43H,7-8H2,1-6H3,(H,53,65)(H,54,63)(H,55,64)(H,56,66). The number of carbonyl (C=O) groups excluding carboxylic acids is 6. The first-order valence-electron chi connectivity index (χ1n) is 21.0. The third-order valence-electron chi connectivity index (χ3n) is 9.70. The summed E-state index contributed by atoms with van der Waals surface area (Å²) in [5.74, 6) is -4.15. The SMILES string of the molecule is CCOc1cc(NC(=O)C(N=Nc2cc(C(=O)Nc3ccccc3C(C)Cl)ccc2Cl)C(C)=O)cc(OCC)c1NC(=O)C(N=Nc1cc(C(=O)Nc2ccccc2C(C)Cl)ccc1Cl)C(C)=O. The lowest BCUT2D eigenvalue weighted by molar-refractivity contribution is -0.127. The molecule has 68 heavy (non-hydrogen) atoms. The molecule has 354 valence electrons. The zero-order chi connectivity index (χ0) is 49.7. The number of hydrogen-bond donors (Lipinski definition) is 4. The van der Waals surface area contributed by atoms with Crippen LogP contribution in [0.4, 0.5) is 34.1 Å². The van der Waals surface area contributed by atoms with Crippen LogP contribution in [0.3, 0.4) is 0 Å². The molecule has 0 bridgehead atoms. The molecule has 4 atom stereocenters. The third kappa shape index (κ3) is 13.7. The molecule has 4 unspecified atom stereocenters. The van der Waals surface area contributed by atoms with E-state index < -0.39 is 47.3 Å². The van der Waals surface area contributed by atoms with Crippen molar-refractivity contribution in [3.8, 4) is 11.5 Å². The third-order valence-corrected chi connectivity index (χ3v) is 10.8. The highest BCUT2D eigenvalue weighted by atomic mass is 35.5. The molecule has 16 nitrogen and oxygen atoms in total. The number of anilines is 4. The number of hydrogen-bond acceptors (Lipinski definition) is 12. The van der Waals surface area contributed by atoms with E-state index in [2.05, 4.69) is 41.7 Å². The summed E-state index contributed by atoms with van der Waals surface area (Å²) in [7, 11) is 0. The van der Waals surface area contributed by atoms with Gasteiger partial charge in [0, 0.05) is 40.3 Å². The number of nitrogens with zero attached hydrogens (tertiary/aromatic N) is 4. The summed E-state index contributed by atoms with van der Waals surface area (Å²) in [4.78, 5) is 79.5. The summed E-state index contributed by atoms with van der Waals surface area (Å²) in [5, 5.41) is 26.5. The van der Waals surface area contributed by atoms with Crippen molar-refractivity contribution in [1.82, 2.24) is 0 Å². The van der Waals surface area contributed by atoms with Gasteiger partial charge in [-0.05, 0) is 101 Å². The van der Waals surface area contributed by atoms with E-state index in [0.29, 0.717) is 22.5 Å². The molecule has 0 saturated carbocycles. The number of azo groups is 2. The maximum Gasteiger partial charge on any atom is 0.259 e. The van der Waals surface area contributed by atoms with Crippen LogP contribution in [-0.2, 0) is 19.2 Å². The monoisotopic (exact) mass is 1000 g/mol. The van der Waals surface area contributed by atoms with Crippen molar-refractivity contribution in [3.05, 3.63) is 129 Å². The molecule has 5 rings (SSSR count). The van der Waals surface area contributed by atoms with Crippen LogP contribution in [0.2, 0.25) is 10.0 Å². The Kier molecular flexibility index (Phi) is 18.7. The Hall–Kier alpha value is -6.72. The van der Waals surface area contributed by atoms with Crippen molar-refractivity contribution in [2.75, 3.05) is 34.5 Å². The fourth-order valence-corrected chi connectivity index (χ4v) is 7.06. The van der Waals surface area contributed by atoms with Crippen LogP contribution in [-0.4, -0.2) is 60.5 Å². The number of carbonyl (C=O) groups is 6. The summed E-state index contributed by atoms with van der Waals surface area (Å²) >= 11 is 25.4. The molecular weight excluding hydrogens is 958 g/mol. The second-order valence-electron chi connectivity index (χ2n) is 14.8. The summed E-state index contributed by atoms with van der Waals surface area (Å²) in [6.45, 7) is 9.36. The molecule has 5 aromatic rings. The van der Waals surface area contributed by atoms with Gasteiger partial charge in [-0.3, -0.25) is 28.8 Å². The molecule has 0 aromatic heterocycles. The van der Waals surface area contributed by atoms with Gasteiger partial charge in [0.15, 0.2) is 11.6 Å². The molecule has 0 saturated heterocycles. The van der Waals surface area contributed by atoms with Gasteiger partial charge < -0.3 is 30.7 Å². The lowest BCUT2D eigenvalue weighted by Gasteiger charge is -2.19. The highest BCUT2D eigenvalue weighted by Gasteiger charge is 2.28. The maximum absolute atomic E-state index is 13.8. The zero-order valence-electron chi connectivity index (χ0n) is 37.5. The number of amides is 4. The fraction of sp³-hybridized carbons (Fsp3) is 0.250. The van der Waals surface area contributed by atoms with Crippen molar-refractivity contribution in [1.29, 1.82) is 0 Å². The molecule has 0 aliphatic rings. The van der Waals surface area contributed by atoms with Crippen LogP contribution in [0.5, 0.6) is 11.5 Å². The number of para-hydroxylation sites is 2. The lowest BCUT2D eigenvalue weighted by atomic mass is 10.1. The molecule has 0 aliphatic heterocycles. The number of Topliss-reactive ketones (excluding diaryl/α,β-unsaturated/α-hetero) is 2. The molecule has 0 aliphatic carbocycles. The molecule has 0 spiro atoms. The zero-order valence-corrected chi connectivity index (χ0v) is 40.6. The molecule has 20 heteroatoms. The summed E-state index contributed by atoms with van der Waals surface area (Å²) in [5.41, 5.74) is 2.85. The molecule has 5 aromatic carbocycles. The fourth-order valence-electron chi connectivity index (χ4n) is 6.37. The smallest absolute Gasteiger partial charge is 0.259 e. The predicted molar refractivity (Wildman–Crippen MR) is 264 cm³/mol. The van der Waals surface area contributed by atoms with E-state index in [9.17, 15) is 28.8 Å². The van der Waals surface area contributed by atoms with E-state index in [0.717, 1.165) is 13.8 Å². The quantitative estimate of drug-likeness (QED) is 0.0333. The minimum atomic E-state index is -1.70. The molecule has 4 N–H and O–H groups in total. The van der Waals surface area contributed by atoms with Crippen molar-refractivity contribution in [2.24, 2.45) is 20.5 Å². The highest BCUT2D eigenvalue weighted by molar-refractivity contribution is 6.33. The van der Waals surface area contributed by atoms with Crippen molar-refractivity contribution in [2.45, 2.75) is 64.4 Å². The summed E-state index contributed by atoms with van der Waals surface area (Å²) in [6, 6.07) is 22.0. The maximum atomic E-state index is 13.8. The van der Waals surface area contributed by atoms with Gasteiger partial charge in [0.05, 0.1) is 34.0 Å². The van der Waals surface area contributed by atoms with E-state index >= 15 is 0 Å². The van der Waals surface area contributed by atoms with Gasteiger partial charge in [0.2, 0.25) is 12.1 Å². The Morgan fingerprint density at radius 3 is 1.34 bits per heavy atom. The molecular formula is C48H46Cl4N8O8. The average Bonchev–Trinajstić information content (AvgIpc) is 3.28. The number of nitrogens with one attached hydrogen (secondary N) is 4. The predicted octanol–water partition coefficient (Wildman–Crippen LogP) is 12.3. The van der Waals surface area contributed by atoms with Crippen LogP contribution in [0.15, 0.2) is 118 Å². The largest absolute Gasteiger partial charge is 0.491 e. The van der Waals surface area contributed by atoms with E-state index in [4.69, 9.17) is 55.9 Å². The minimum Gasteiger partial charge on any atom is -0.491 e. The van der Waals surface area contributed by atoms with Crippen LogP contribution in [0.1, 0.15) is 84.1 Å². The van der Waals surface area contributed by atoms with Crippen LogP contribution in [0.25, 0.3) is 0 Å². The molecule has 0 heterocycles. The van der Waals surface area contributed by atoms with E-state index in [1.54, 1.807) is 76.2 Å². The van der Waals surface area contributed by atoms with Crippen molar-refractivity contribution < 1.29 is 38.2 Å². The van der Waals surface area contributed by atoms with Crippen LogP contribution >= 0.6 is 46.4 Å². The van der Waals surface area contributed by atoms with E-state index in [1.165, 1.54) is 48.5 Å². The number of rotatable bonds is 20. The summed E-state index contributed by atoms with van der Waals surface area (Å²) in [6.07, 6.45) is 0. The number of alkyl halides is 2.